The minimum atomic E-state index is -0.325. The SMILES string of the molecule is CC(C)NC(=O)c1ccccc1NC(=S)NC(=O)c1ccc(Br)cc1. The van der Waals surface area contributed by atoms with Gasteiger partial charge in [-0.1, -0.05) is 28.1 Å². The Hall–Kier alpha value is -2.25. The number of hydrogen-bond acceptors (Lipinski definition) is 3. The molecule has 25 heavy (non-hydrogen) atoms. The van der Waals surface area contributed by atoms with Gasteiger partial charge in [-0.25, -0.2) is 0 Å². The van der Waals surface area contributed by atoms with E-state index in [1.165, 1.54) is 0 Å². The van der Waals surface area contributed by atoms with E-state index in [4.69, 9.17) is 12.2 Å². The number of carbonyl (C=O) groups is 2. The van der Waals surface area contributed by atoms with Crippen molar-refractivity contribution in [1.82, 2.24) is 10.6 Å². The van der Waals surface area contributed by atoms with Crippen molar-refractivity contribution in [2.45, 2.75) is 19.9 Å². The summed E-state index contributed by atoms with van der Waals surface area (Å²) in [6.45, 7) is 3.77. The van der Waals surface area contributed by atoms with Crippen molar-refractivity contribution in [1.29, 1.82) is 0 Å². The molecule has 3 N–H and O–H groups in total. The molecule has 2 rings (SSSR count). The maximum absolute atomic E-state index is 12.2. The second-order valence-corrected chi connectivity index (χ2v) is 6.91. The monoisotopic (exact) mass is 419 g/mol. The number of halogens is 1. The van der Waals surface area contributed by atoms with E-state index in [0.717, 1.165) is 4.47 Å². The number of carbonyl (C=O) groups excluding carboxylic acids is 2. The average molecular weight is 420 g/mol. The molecule has 5 nitrogen and oxygen atoms in total. The molecule has 0 unspecified atom stereocenters. The minimum absolute atomic E-state index is 0.0182. The largest absolute Gasteiger partial charge is 0.350 e. The standard InChI is InChI=1S/C18H18BrN3O2S/c1-11(2)20-17(24)14-5-3-4-6-15(14)21-18(25)22-16(23)12-7-9-13(19)10-8-12/h3-11H,1-2H3,(H,20,24)(H2,21,22,23,25). The van der Waals surface area contributed by atoms with Crippen LogP contribution in [0.3, 0.4) is 0 Å². The van der Waals surface area contributed by atoms with Crippen LogP contribution < -0.4 is 16.0 Å². The summed E-state index contributed by atoms with van der Waals surface area (Å²) in [6, 6.07) is 13.9. The molecule has 2 aromatic carbocycles. The molecule has 0 bridgehead atoms. The van der Waals surface area contributed by atoms with Crippen LogP contribution in [0, 0.1) is 0 Å². The van der Waals surface area contributed by atoms with E-state index in [0.29, 0.717) is 16.8 Å². The Kier molecular flexibility index (Phi) is 6.66. The number of benzene rings is 2. The second kappa shape index (κ2) is 8.73. The van der Waals surface area contributed by atoms with Gasteiger partial charge >= 0.3 is 0 Å². The lowest BCUT2D eigenvalue weighted by Gasteiger charge is -2.14. The van der Waals surface area contributed by atoms with Crippen LogP contribution in [-0.2, 0) is 0 Å². The zero-order chi connectivity index (χ0) is 18.4. The molecule has 7 heteroatoms. The van der Waals surface area contributed by atoms with E-state index in [9.17, 15) is 9.59 Å². The van der Waals surface area contributed by atoms with Crippen molar-refractivity contribution >= 4 is 50.8 Å². The Bertz CT molecular complexity index is 791. The maximum atomic E-state index is 12.2. The highest BCUT2D eigenvalue weighted by Crippen LogP contribution is 2.15. The van der Waals surface area contributed by atoms with Crippen LogP contribution in [0.15, 0.2) is 53.0 Å². The number of amides is 2. The van der Waals surface area contributed by atoms with E-state index >= 15 is 0 Å². The summed E-state index contributed by atoms with van der Waals surface area (Å²) < 4.78 is 0.884. The Balaban J connectivity index is 2.06. The fraction of sp³-hybridized carbons (Fsp3) is 0.167. The summed E-state index contributed by atoms with van der Waals surface area (Å²) in [5, 5.41) is 8.47. The van der Waals surface area contributed by atoms with Crippen LogP contribution in [0.25, 0.3) is 0 Å². The molecule has 0 radical (unpaired) electrons. The highest BCUT2D eigenvalue weighted by Gasteiger charge is 2.14. The van der Waals surface area contributed by atoms with Crippen molar-refractivity contribution in [3.8, 4) is 0 Å². The van der Waals surface area contributed by atoms with Gasteiger partial charge in [-0.15, -0.1) is 0 Å². The predicted molar refractivity (Wildman–Crippen MR) is 107 cm³/mol. The number of rotatable bonds is 4. The Morgan fingerprint density at radius 1 is 1.00 bits per heavy atom. The van der Waals surface area contributed by atoms with Crippen molar-refractivity contribution in [3.05, 3.63) is 64.1 Å². The lowest BCUT2D eigenvalue weighted by Crippen LogP contribution is -2.35. The van der Waals surface area contributed by atoms with Crippen LogP contribution in [0.5, 0.6) is 0 Å². The lowest BCUT2D eigenvalue weighted by molar-refractivity contribution is 0.0942. The second-order valence-electron chi connectivity index (χ2n) is 5.59. The van der Waals surface area contributed by atoms with Gasteiger partial charge in [0.25, 0.3) is 11.8 Å². The third-order valence-electron chi connectivity index (χ3n) is 3.17. The molecular weight excluding hydrogens is 402 g/mol. The van der Waals surface area contributed by atoms with Gasteiger partial charge in [-0.3, -0.25) is 14.9 Å². The molecule has 0 saturated carbocycles. The predicted octanol–water partition coefficient (Wildman–Crippen LogP) is 3.71. The topological polar surface area (TPSA) is 70.2 Å². The number of para-hydroxylation sites is 1. The van der Waals surface area contributed by atoms with Gasteiger partial charge in [0.1, 0.15) is 0 Å². The first kappa shape index (κ1) is 19.1. The zero-order valence-electron chi connectivity index (χ0n) is 13.8. The summed E-state index contributed by atoms with van der Waals surface area (Å²) >= 11 is 8.51. The Morgan fingerprint density at radius 2 is 1.64 bits per heavy atom. The molecule has 0 fully saturated rings. The Labute approximate surface area is 160 Å². The maximum Gasteiger partial charge on any atom is 0.257 e. The van der Waals surface area contributed by atoms with Gasteiger partial charge in [0, 0.05) is 16.1 Å². The summed E-state index contributed by atoms with van der Waals surface area (Å²) in [7, 11) is 0. The molecular formula is C18H18BrN3O2S. The van der Waals surface area contributed by atoms with Crippen molar-refractivity contribution in [2.75, 3.05) is 5.32 Å². The molecule has 0 atom stereocenters. The first-order valence-electron chi connectivity index (χ1n) is 7.64. The molecule has 0 aromatic heterocycles. The van der Waals surface area contributed by atoms with Gasteiger partial charge in [0.2, 0.25) is 0 Å². The third-order valence-corrected chi connectivity index (χ3v) is 3.91. The molecule has 2 amide bonds. The summed E-state index contributed by atoms with van der Waals surface area (Å²) in [5.74, 6) is -0.533. The van der Waals surface area contributed by atoms with Gasteiger partial charge < -0.3 is 10.6 Å². The van der Waals surface area contributed by atoms with Gasteiger partial charge in [0.15, 0.2) is 5.11 Å². The van der Waals surface area contributed by atoms with Crippen LogP contribution in [-0.4, -0.2) is 23.0 Å². The normalized spacial score (nSPS) is 10.2. The third kappa shape index (κ3) is 5.65. The molecule has 0 spiro atoms. The summed E-state index contributed by atoms with van der Waals surface area (Å²) in [5.41, 5.74) is 1.47. The van der Waals surface area contributed by atoms with E-state index in [2.05, 4.69) is 31.9 Å². The van der Waals surface area contributed by atoms with E-state index in [-0.39, 0.29) is 23.0 Å². The number of nitrogens with one attached hydrogen (secondary N) is 3. The van der Waals surface area contributed by atoms with Crippen molar-refractivity contribution in [2.24, 2.45) is 0 Å². The number of thiocarbonyl (C=S) groups is 1. The van der Waals surface area contributed by atoms with Crippen molar-refractivity contribution in [3.63, 3.8) is 0 Å². The molecule has 0 aliphatic carbocycles. The molecule has 0 heterocycles. The quantitative estimate of drug-likeness (QED) is 0.660. The molecule has 0 aliphatic rings. The highest BCUT2D eigenvalue weighted by atomic mass is 79.9. The van der Waals surface area contributed by atoms with E-state index < -0.39 is 0 Å². The fourth-order valence-corrected chi connectivity index (χ4v) is 2.53. The fourth-order valence-electron chi connectivity index (χ4n) is 2.06. The van der Waals surface area contributed by atoms with Crippen LogP contribution >= 0.6 is 28.1 Å². The summed E-state index contributed by atoms with van der Waals surface area (Å²) in [4.78, 5) is 24.4. The Morgan fingerprint density at radius 3 is 2.28 bits per heavy atom. The first-order valence-corrected chi connectivity index (χ1v) is 8.84. The number of anilines is 1. The smallest absolute Gasteiger partial charge is 0.257 e. The van der Waals surface area contributed by atoms with Gasteiger partial charge in [0.05, 0.1) is 11.3 Å². The van der Waals surface area contributed by atoms with Crippen LogP contribution in [0.2, 0.25) is 0 Å². The summed E-state index contributed by atoms with van der Waals surface area (Å²) in [6.07, 6.45) is 0. The van der Waals surface area contributed by atoms with Crippen molar-refractivity contribution < 1.29 is 9.59 Å². The van der Waals surface area contributed by atoms with E-state index in [1.54, 1.807) is 48.5 Å². The zero-order valence-corrected chi connectivity index (χ0v) is 16.2. The van der Waals surface area contributed by atoms with Gasteiger partial charge in [-0.2, -0.15) is 0 Å². The average Bonchev–Trinajstić information content (AvgIpc) is 2.55. The van der Waals surface area contributed by atoms with E-state index in [1.807, 2.05) is 13.8 Å². The minimum Gasteiger partial charge on any atom is -0.350 e. The molecule has 2 aromatic rings. The van der Waals surface area contributed by atoms with Crippen LogP contribution in [0.1, 0.15) is 34.6 Å². The highest BCUT2D eigenvalue weighted by molar-refractivity contribution is 9.10. The lowest BCUT2D eigenvalue weighted by atomic mass is 10.1. The number of hydrogen-bond donors (Lipinski definition) is 3. The molecule has 0 saturated heterocycles. The molecule has 0 aliphatic heterocycles. The molecule has 130 valence electrons. The van der Waals surface area contributed by atoms with Gasteiger partial charge in [-0.05, 0) is 62.5 Å². The first-order chi connectivity index (χ1) is 11.9. The van der Waals surface area contributed by atoms with Crippen LogP contribution in [0.4, 0.5) is 5.69 Å².